The topological polar surface area (TPSA) is 61.4 Å². The molecule has 0 bridgehead atoms. The SMILES string of the molecule is CN1CC(Nc2cc(N3CCCCC3)ncn2)CC1=O. The molecule has 0 radical (unpaired) electrons. The Hall–Kier alpha value is -1.85. The zero-order chi connectivity index (χ0) is 13.9. The van der Waals surface area contributed by atoms with Crippen LogP contribution in [-0.2, 0) is 4.79 Å². The van der Waals surface area contributed by atoms with E-state index in [4.69, 9.17) is 0 Å². The van der Waals surface area contributed by atoms with Gasteiger partial charge in [-0.3, -0.25) is 4.79 Å². The second-order valence-electron chi connectivity index (χ2n) is 5.63. The average molecular weight is 275 g/mol. The zero-order valence-electron chi connectivity index (χ0n) is 11.9. The van der Waals surface area contributed by atoms with Gasteiger partial charge in [0.15, 0.2) is 0 Å². The van der Waals surface area contributed by atoms with E-state index >= 15 is 0 Å². The third-order valence-corrected chi connectivity index (χ3v) is 4.03. The lowest BCUT2D eigenvalue weighted by atomic mass is 10.1. The average Bonchev–Trinajstić information content (AvgIpc) is 2.78. The van der Waals surface area contributed by atoms with Crippen LogP contribution in [0.3, 0.4) is 0 Å². The summed E-state index contributed by atoms with van der Waals surface area (Å²) in [5, 5.41) is 3.34. The summed E-state index contributed by atoms with van der Waals surface area (Å²) in [4.78, 5) is 24.2. The van der Waals surface area contributed by atoms with Crippen LogP contribution in [0.1, 0.15) is 25.7 Å². The van der Waals surface area contributed by atoms with Crippen molar-refractivity contribution in [1.29, 1.82) is 0 Å². The number of rotatable bonds is 3. The highest BCUT2D eigenvalue weighted by molar-refractivity contribution is 5.79. The number of nitrogens with zero attached hydrogens (tertiary/aromatic N) is 4. The van der Waals surface area contributed by atoms with Crippen LogP contribution in [0.25, 0.3) is 0 Å². The van der Waals surface area contributed by atoms with Crippen LogP contribution < -0.4 is 10.2 Å². The Labute approximate surface area is 119 Å². The van der Waals surface area contributed by atoms with Crippen LogP contribution in [-0.4, -0.2) is 53.5 Å². The van der Waals surface area contributed by atoms with Crippen LogP contribution in [0.5, 0.6) is 0 Å². The fourth-order valence-electron chi connectivity index (χ4n) is 2.89. The summed E-state index contributed by atoms with van der Waals surface area (Å²) in [7, 11) is 1.84. The van der Waals surface area contributed by atoms with Crippen molar-refractivity contribution < 1.29 is 4.79 Å². The molecule has 0 aromatic carbocycles. The van der Waals surface area contributed by atoms with E-state index in [1.165, 1.54) is 19.3 Å². The molecule has 3 heterocycles. The number of anilines is 2. The van der Waals surface area contributed by atoms with Crippen LogP contribution in [0.4, 0.5) is 11.6 Å². The number of hydrogen-bond donors (Lipinski definition) is 1. The molecular weight excluding hydrogens is 254 g/mol. The molecule has 0 saturated carbocycles. The number of carbonyl (C=O) groups excluding carboxylic acids is 1. The predicted molar refractivity (Wildman–Crippen MR) is 77.8 cm³/mol. The summed E-state index contributed by atoms with van der Waals surface area (Å²) in [6, 6.07) is 2.14. The van der Waals surface area contributed by atoms with Crippen molar-refractivity contribution in [3.8, 4) is 0 Å². The monoisotopic (exact) mass is 275 g/mol. The van der Waals surface area contributed by atoms with Gasteiger partial charge in [-0.05, 0) is 19.3 Å². The molecule has 1 amide bonds. The van der Waals surface area contributed by atoms with E-state index in [1.54, 1.807) is 11.2 Å². The van der Waals surface area contributed by atoms with Crippen molar-refractivity contribution in [2.75, 3.05) is 36.9 Å². The van der Waals surface area contributed by atoms with Crippen LogP contribution in [0, 0.1) is 0 Å². The molecule has 6 heteroatoms. The summed E-state index contributed by atoms with van der Waals surface area (Å²) >= 11 is 0. The fraction of sp³-hybridized carbons (Fsp3) is 0.643. The predicted octanol–water partition coefficient (Wildman–Crippen LogP) is 1.11. The Morgan fingerprint density at radius 2 is 2.05 bits per heavy atom. The summed E-state index contributed by atoms with van der Waals surface area (Å²) in [5.74, 6) is 1.99. The molecule has 2 fully saturated rings. The van der Waals surface area contributed by atoms with Gasteiger partial charge in [0.1, 0.15) is 18.0 Å². The van der Waals surface area contributed by atoms with E-state index in [0.717, 1.165) is 31.3 Å². The third kappa shape index (κ3) is 2.84. The van der Waals surface area contributed by atoms with Crippen LogP contribution >= 0.6 is 0 Å². The Morgan fingerprint density at radius 3 is 2.75 bits per heavy atom. The molecule has 6 nitrogen and oxygen atoms in total. The molecule has 1 aromatic rings. The molecule has 1 aromatic heterocycles. The fourth-order valence-corrected chi connectivity index (χ4v) is 2.89. The number of likely N-dealkylation sites (tertiary alicyclic amines) is 1. The highest BCUT2D eigenvalue weighted by Gasteiger charge is 2.26. The molecule has 1 atom stereocenters. The maximum Gasteiger partial charge on any atom is 0.224 e. The zero-order valence-corrected chi connectivity index (χ0v) is 11.9. The van der Waals surface area contributed by atoms with E-state index in [2.05, 4.69) is 20.2 Å². The Morgan fingerprint density at radius 1 is 1.25 bits per heavy atom. The van der Waals surface area contributed by atoms with Crippen molar-refractivity contribution >= 4 is 17.5 Å². The van der Waals surface area contributed by atoms with Gasteiger partial charge in [0.2, 0.25) is 5.91 Å². The summed E-state index contributed by atoms with van der Waals surface area (Å²) in [5.41, 5.74) is 0. The van der Waals surface area contributed by atoms with Gasteiger partial charge < -0.3 is 15.1 Å². The van der Waals surface area contributed by atoms with Gasteiger partial charge in [-0.2, -0.15) is 0 Å². The third-order valence-electron chi connectivity index (χ3n) is 4.03. The van der Waals surface area contributed by atoms with Gasteiger partial charge in [-0.25, -0.2) is 9.97 Å². The van der Waals surface area contributed by atoms with Gasteiger partial charge in [-0.1, -0.05) is 0 Å². The molecule has 2 aliphatic rings. The molecule has 0 aliphatic carbocycles. The minimum atomic E-state index is 0.150. The number of piperidine rings is 1. The number of likely N-dealkylation sites (N-methyl/N-ethyl adjacent to an activating group) is 1. The normalized spacial score (nSPS) is 23.2. The molecule has 1 N–H and O–H groups in total. The number of aromatic nitrogens is 2. The first-order valence-corrected chi connectivity index (χ1v) is 7.30. The highest BCUT2D eigenvalue weighted by Crippen LogP contribution is 2.20. The smallest absolute Gasteiger partial charge is 0.224 e. The number of carbonyl (C=O) groups is 1. The lowest BCUT2D eigenvalue weighted by molar-refractivity contribution is -0.126. The van der Waals surface area contributed by atoms with Crippen molar-refractivity contribution in [3.05, 3.63) is 12.4 Å². The molecule has 108 valence electrons. The second-order valence-corrected chi connectivity index (χ2v) is 5.63. The maximum absolute atomic E-state index is 11.5. The van der Waals surface area contributed by atoms with Crippen molar-refractivity contribution in [2.24, 2.45) is 0 Å². The maximum atomic E-state index is 11.5. The van der Waals surface area contributed by atoms with Crippen LogP contribution in [0.2, 0.25) is 0 Å². The number of hydrogen-bond acceptors (Lipinski definition) is 5. The first-order chi connectivity index (χ1) is 9.72. The van der Waals surface area contributed by atoms with Crippen molar-refractivity contribution in [3.63, 3.8) is 0 Å². The van der Waals surface area contributed by atoms with Gasteiger partial charge in [0.25, 0.3) is 0 Å². The molecule has 20 heavy (non-hydrogen) atoms. The van der Waals surface area contributed by atoms with Crippen molar-refractivity contribution in [2.45, 2.75) is 31.7 Å². The van der Waals surface area contributed by atoms with E-state index in [0.29, 0.717) is 6.42 Å². The number of amides is 1. The molecule has 1 unspecified atom stereocenters. The Balaban J connectivity index is 1.66. The minimum Gasteiger partial charge on any atom is -0.365 e. The lowest BCUT2D eigenvalue weighted by Crippen LogP contribution is -2.30. The standard InChI is InChI=1S/C14H21N5O/c1-18-9-11(7-14(18)20)17-12-8-13(16-10-15-12)19-5-3-2-4-6-19/h8,10-11H,2-7,9H2,1H3,(H,15,16,17). The second kappa shape index (κ2) is 5.64. The summed E-state index contributed by atoms with van der Waals surface area (Å²) in [6.07, 6.45) is 5.92. The molecule has 2 aliphatic heterocycles. The lowest BCUT2D eigenvalue weighted by Gasteiger charge is -2.27. The molecule has 3 rings (SSSR count). The summed E-state index contributed by atoms with van der Waals surface area (Å²) < 4.78 is 0. The first-order valence-electron chi connectivity index (χ1n) is 7.30. The first kappa shape index (κ1) is 13.1. The van der Waals surface area contributed by atoms with E-state index in [-0.39, 0.29) is 11.9 Å². The summed E-state index contributed by atoms with van der Waals surface area (Å²) in [6.45, 7) is 2.88. The molecular formula is C14H21N5O. The largest absolute Gasteiger partial charge is 0.365 e. The van der Waals surface area contributed by atoms with Crippen molar-refractivity contribution in [1.82, 2.24) is 14.9 Å². The quantitative estimate of drug-likeness (QED) is 0.895. The Kier molecular flexibility index (Phi) is 3.71. The minimum absolute atomic E-state index is 0.150. The highest BCUT2D eigenvalue weighted by atomic mass is 16.2. The van der Waals surface area contributed by atoms with Gasteiger partial charge >= 0.3 is 0 Å². The van der Waals surface area contributed by atoms with E-state index in [1.807, 2.05) is 13.1 Å². The Bertz CT molecular complexity index is 486. The van der Waals surface area contributed by atoms with Crippen LogP contribution in [0.15, 0.2) is 12.4 Å². The van der Waals surface area contributed by atoms with Gasteiger partial charge in [0.05, 0.1) is 6.04 Å². The number of nitrogens with one attached hydrogen (secondary N) is 1. The molecule has 2 saturated heterocycles. The van der Waals surface area contributed by atoms with Gasteiger partial charge in [0, 0.05) is 39.2 Å². The van der Waals surface area contributed by atoms with E-state index < -0.39 is 0 Å². The van der Waals surface area contributed by atoms with Gasteiger partial charge in [-0.15, -0.1) is 0 Å². The molecule has 0 spiro atoms. The van der Waals surface area contributed by atoms with E-state index in [9.17, 15) is 4.79 Å².